The number of halogens is 2. The molecular weight excluding hydrogens is 423 g/mol. The minimum Gasteiger partial charge on any atom is -0.388 e. The van der Waals surface area contributed by atoms with Crippen LogP contribution < -0.4 is 5.32 Å². The second kappa shape index (κ2) is 10.3. The summed E-state index contributed by atoms with van der Waals surface area (Å²) in [6.45, 7) is 5.55. The Balaban J connectivity index is 1.95. The van der Waals surface area contributed by atoms with Gasteiger partial charge < -0.3 is 10.4 Å². The molecule has 0 aliphatic carbocycles. The van der Waals surface area contributed by atoms with Crippen molar-refractivity contribution in [3.05, 3.63) is 106 Å². The first kappa shape index (κ1) is 23.9. The molecule has 3 nitrogen and oxygen atoms in total. The fourth-order valence-corrected chi connectivity index (χ4v) is 4.16. The van der Waals surface area contributed by atoms with E-state index in [1.54, 1.807) is 32.0 Å². The van der Waals surface area contributed by atoms with Gasteiger partial charge in [0, 0.05) is 17.0 Å². The van der Waals surface area contributed by atoms with Crippen LogP contribution in [-0.2, 0) is 6.42 Å². The molecule has 0 aliphatic rings. The summed E-state index contributed by atoms with van der Waals surface area (Å²) in [5.74, 6) is -0.292. The molecule has 0 fully saturated rings. The fraction of sp³-hybridized carbons (Fsp3) is 0.296. The molecule has 0 saturated carbocycles. The minimum absolute atomic E-state index is 0.0229. The molecule has 3 aromatic rings. The molecule has 3 atom stereocenters. The van der Waals surface area contributed by atoms with Gasteiger partial charge in [0.15, 0.2) is 0 Å². The average Bonchev–Trinajstić information content (AvgIpc) is 2.77. The second-order valence-electron chi connectivity index (χ2n) is 8.77. The van der Waals surface area contributed by atoms with Crippen LogP contribution >= 0.6 is 11.6 Å². The first-order chi connectivity index (χ1) is 15.2. The van der Waals surface area contributed by atoms with Gasteiger partial charge in [-0.15, -0.1) is 0 Å². The van der Waals surface area contributed by atoms with E-state index >= 15 is 0 Å². The summed E-state index contributed by atoms with van der Waals surface area (Å²) in [6, 6.07) is 23.3. The Bertz CT molecular complexity index is 1070. The van der Waals surface area contributed by atoms with Gasteiger partial charge in [0.25, 0.3) is 0 Å². The van der Waals surface area contributed by atoms with Crippen molar-refractivity contribution >= 4 is 11.6 Å². The zero-order valence-electron chi connectivity index (χ0n) is 18.5. The van der Waals surface area contributed by atoms with Crippen LogP contribution in [0.25, 0.3) is 0 Å². The molecule has 2 unspecified atom stereocenters. The first-order valence-electron chi connectivity index (χ1n) is 10.7. The maximum Gasteiger partial charge on any atom is 0.123 e. The van der Waals surface area contributed by atoms with Gasteiger partial charge in [0.05, 0.1) is 23.3 Å². The summed E-state index contributed by atoms with van der Waals surface area (Å²) >= 11 is 6.06. The summed E-state index contributed by atoms with van der Waals surface area (Å²) < 4.78 is 13.5. The van der Waals surface area contributed by atoms with Crippen LogP contribution in [0.1, 0.15) is 55.0 Å². The van der Waals surface area contributed by atoms with Gasteiger partial charge in [0.2, 0.25) is 0 Å². The predicted molar refractivity (Wildman–Crippen MR) is 127 cm³/mol. The highest BCUT2D eigenvalue weighted by molar-refractivity contribution is 6.30. The SMILES string of the molecule is CC(N[C@@H](c1ccc(F)cc1)C(C)(C)O)C(Cc1ccc(Cl)cc1)c1cccc(C#N)c1. The third-order valence-corrected chi connectivity index (χ3v) is 6.01. The molecule has 2 N–H and O–H groups in total. The highest BCUT2D eigenvalue weighted by Crippen LogP contribution is 2.31. The molecule has 0 heterocycles. The molecule has 0 aromatic heterocycles. The largest absolute Gasteiger partial charge is 0.388 e. The Kier molecular flexibility index (Phi) is 7.69. The normalized spacial score (nSPS) is 14.4. The van der Waals surface area contributed by atoms with E-state index in [4.69, 9.17) is 11.6 Å². The highest BCUT2D eigenvalue weighted by atomic mass is 35.5. The summed E-state index contributed by atoms with van der Waals surface area (Å²) in [6.07, 6.45) is 0.724. The standard InChI is InChI=1S/C27H28ClFN2O/c1-18(31-26(27(2,3)32)21-9-13-24(29)14-10-21)25(16-19-7-11-23(28)12-8-19)22-6-4-5-20(15-22)17-30/h4-15,18,25-26,31-32H,16H2,1-3H3/t18?,25?,26-/m0/s1. The van der Waals surface area contributed by atoms with Crippen LogP contribution in [0.3, 0.4) is 0 Å². The molecule has 0 spiro atoms. The number of hydrogen-bond donors (Lipinski definition) is 2. The molecule has 0 amide bonds. The van der Waals surface area contributed by atoms with E-state index in [0.29, 0.717) is 10.6 Å². The zero-order valence-corrected chi connectivity index (χ0v) is 19.3. The molecule has 0 saturated heterocycles. The lowest BCUT2D eigenvalue weighted by Crippen LogP contribution is -2.45. The molecule has 0 aliphatic heterocycles. The maximum atomic E-state index is 13.5. The van der Waals surface area contributed by atoms with Crippen LogP contribution in [0.2, 0.25) is 5.02 Å². The van der Waals surface area contributed by atoms with E-state index in [1.165, 1.54) is 12.1 Å². The van der Waals surface area contributed by atoms with E-state index < -0.39 is 11.6 Å². The van der Waals surface area contributed by atoms with E-state index in [2.05, 4.69) is 18.3 Å². The van der Waals surface area contributed by atoms with Crippen molar-refractivity contribution in [3.63, 3.8) is 0 Å². The third-order valence-electron chi connectivity index (χ3n) is 5.76. The van der Waals surface area contributed by atoms with Crippen LogP contribution in [-0.4, -0.2) is 16.7 Å². The van der Waals surface area contributed by atoms with Crippen molar-refractivity contribution < 1.29 is 9.50 Å². The van der Waals surface area contributed by atoms with Crippen LogP contribution in [0, 0.1) is 17.1 Å². The monoisotopic (exact) mass is 450 g/mol. The molecule has 3 rings (SSSR count). The number of aliphatic hydroxyl groups is 1. The number of benzene rings is 3. The number of nitrogens with zero attached hydrogens (tertiary/aromatic N) is 1. The zero-order chi connectivity index (χ0) is 23.3. The highest BCUT2D eigenvalue weighted by Gasteiger charge is 2.32. The van der Waals surface area contributed by atoms with Gasteiger partial charge in [-0.3, -0.25) is 0 Å². The molecule has 0 bridgehead atoms. The molecule has 166 valence electrons. The van der Waals surface area contributed by atoms with Crippen LogP contribution in [0.4, 0.5) is 4.39 Å². The Morgan fingerprint density at radius 3 is 2.28 bits per heavy atom. The van der Waals surface area contributed by atoms with Gasteiger partial charge in [0.1, 0.15) is 5.82 Å². The summed E-state index contributed by atoms with van der Waals surface area (Å²) in [5.41, 5.74) is 2.49. The fourth-order valence-electron chi connectivity index (χ4n) is 4.04. The quantitative estimate of drug-likeness (QED) is 0.431. The Hall–Kier alpha value is -2.71. The van der Waals surface area contributed by atoms with Crippen molar-refractivity contribution in [3.8, 4) is 6.07 Å². The van der Waals surface area contributed by atoms with Gasteiger partial charge in [-0.1, -0.05) is 48.0 Å². The molecule has 3 aromatic carbocycles. The first-order valence-corrected chi connectivity index (χ1v) is 11.0. The van der Waals surface area contributed by atoms with Crippen molar-refractivity contribution in [2.75, 3.05) is 0 Å². The van der Waals surface area contributed by atoms with Crippen molar-refractivity contribution in [1.29, 1.82) is 5.26 Å². The average molecular weight is 451 g/mol. The summed E-state index contributed by atoms with van der Waals surface area (Å²) in [5, 5.41) is 24.5. The Morgan fingerprint density at radius 1 is 1.03 bits per heavy atom. The number of nitriles is 1. The topological polar surface area (TPSA) is 56.0 Å². The van der Waals surface area contributed by atoms with Crippen LogP contribution in [0.15, 0.2) is 72.8 Å². The molecule has 0 radical (unpaired) electrons. The van der Waals surface area contributed by atoms with Gasteiger partial charge in [-0.2, -0.15) is 5.26 Å². The third kappa shape index (κ3) is 6.17. The van der Waals surface area contributed by atoms with Gasteiger partial charge in [-0.25, -0.2) is 4.39 Å². The van der Waals surface area contributed by atoms with Crippen molar-refractivity contribution in [2.45, 2.75) is 50.8 Å². The van der Waals surface area contributed by atoms with E-state index in [-0.39, 0.29) is 17.8 Å². The molecule has 32 heavy (non-hydrogen) atoms. The molecule has 5 heteroatoms. The van der Waals surface area contributed by atoms with Crippen LogP contribution in [0.5, 0.6) is 0 Å². The second-order valence-corrected chi connectivity index (χ2v) is 9.20. The lowest BCUT2D eigenvalue weighted by molar-refractivity contribution is 0.0316. The Morgan fingerprint density at radius 2 is 1.69 bits per heavy atom. The predicted octanol–water partition coefficient (Wildman–Crippen LogP) is 6.17. The number of hydrogen-bond acceptors (Lipinski definition) is 3. The maximum absolute atomic E-state index is 13.5. The lowest BCUT2D eigenvalue weighted by atomic mass is 9.83. The van der Waals surface area contributed by atoms with Crippen molar-refractivity contribution in [1.82, 2.24) is 5.32 Å². The molecular formula is C27H28ClFN2O. The minimum atomic E-state index is -1.08. The van der Waals surface area contributed by atoms with E-state index in [0.717, 1.165) is 23.1 Å². The van der Waals surface area contributed by atoms with E-state index in [1.807, 2.05) is 42.5 Å². The van der Waals surface area contributed by atoms with Crippen molar-refractivity contribution in [2.24, 2.45) is 0 Å². The van der Waals surface area contributed by atoms with Gasteiger partial charge >= 0.3 is 0 Å². The van der Waals surface area contributed by atoms with E-state index in [9.17, 15) is 14.8 Å². The smallest absolute Gasteiger partial charge is 0.123 e. The number of nitrogens with one attached hydrogen (secondary N) is 1. The summed E-state index contributed by atoms with van der Waals surface area (Å²) in [4.78, 5) is 0. The summed E-state index contributed by atoms with van der Waals surface area (Å²) in [7, 11) is 0. The number of rotatable bonds is 8. The Labute approximate surface area is 194 Å². The van der Waals surface area contributed by atoms with Gasteiger partial charge in [-0.05, 0) is 80.3 Å². The lowest BCUT2D eigenvalue weighted by Gasteiger charge is -2.36.